The lowest BCUT2D eigenvalue weighted by atomic mass is 9.64. The molecule has 6 aliphatic rings. The number of aryl methyl sites for hydroxylation is 2. The van der Waals surface area contributed by atoms with Gasteiger partial charge in [-0.3, -0.25) is 47.9 Å². The van der Waals surface area contributed by atoms with Crippen molar-refractivity contribution in [3.05, 3.63) is 282 Å². The van der Waals surface area contributed by atoms with Gasteiger partial charge < -0.3 is 53.5 Å². The maximum atomic E-state index is 14.1. The molecule has 2 aromatic heterocycles. The number of ether oxygens (including phenoxy) is 8. The number of thiazole rings is 2. The summed E-state index contributed by atoms with van der Waals surface area (Å²) in [6, 6.07) is 32.9. The van der Waals surface area contributed by atoms with Crippen LogP contribution in [0, 0.1) is 101 Å². The third-order valence-corrected chi connectivity index (χ3v) is 31.2. The number of aliphatic hydroxyl groups excluding tert-OH is 1. The fraction of sp³-hybridized carbons (Fsp3) is 0.438. The Bertz CT molecular complexity index is 6350. The highest BCUT2D eigenvalue weighted by atomic mass is 79.9. The normalized spacial score (nSPS) is 20.4. The second-order valence-corrected chi connectivity index (χ2v) is 41.5. The molecule has 7 unspecified atom stereocenters. The molecule has 0 radical (unpaired) electrons. The molecular weight excluding hydrogens is 2030 g/mol. The van der Waals surface area contributed by atoms with Gasteiger partial charge in [-0.2, -0.15) is 9.59 Å². The molecule has 6 aliphatic carbocycles. The van der Waals surface area contributed by atoms with E-state index < -0.39 is 73.6 Å². The molecule has 0 bridgehead atoms. The first-order valence-corrected chi connectivity index (χ1v) is 50.3. The molecule has 7 aromatic carbocycles. The number of hydrogen-bond donors (Lipinski definition) is 2. The molecule has 3 fully saturated rings. The van der Waals surface area contributed by atoms with E-state index >= 15 is 0 Å². The van der Waals surface area contributed by atoms with Gasteiger partial charge in [0, 0.05) is 67.0 Å². The second-order valence-electron chi connectivity index (χ2n) is 38.1. The maximum Gasteiger partial charge on any atom is 0.373 e. The fourth-order valence-electron chi connectivity index (χ4n) is 20.4. The molecule has 0 aliphatic heterocycles. The van der Waals surface area contributed by atoms with Crippen LogP contribution in [-0.4, -0.2) is 148 Å². The van der Waals surface area contributed by atoms with Gasteiger partial charge in [-0.1, -0.05) is 91.9 Å². The number of nitrogen functional groups attached to an aromatic ring is 1. The summed E-state index contributed by atoms with van der Waals surface area (Å²) in [5.74, 6) is -6.76. The lowest BCUT2D eigenvalue weighted by molar-refractivity contribution is -0.192. The van der Waals surface area contributed by atoms with E-state index in [4.69, 9.17) is 48.5 Å². The van der Waals surface area contributed by atoms with Crippen molar-refractivity contribution in [3.63, 3.8) is 0 Å². The summed E-state index contributed by atoms with van der Waals surface area (Å²) in [4.78, 5) is 172. The summed E-state index contributed by atoms with van der Waals surface area (Å²) in [5, 5.41) is 10.7. The number of methoxy groups -OCH3 is 7. The van der Waals surface area contributed by atoms with Crippen LogP contribution < -0.4 is 5.73 Å². The van der Waals surface area contributed by atoms with E-state index in [-0.39, 0.29) is 145 Å². The van der Waals surface area contributed by atoms with Crippen molar-refractivity contribution >= 4 is 121 Å². The number of fused-ring (bicyclic) bond motifs is 2. The number of benzene rings is 7. The van der Waals surface area contributed by atoms with Crippen LogP contribution in [0.25, 0.3) is 0 Å². The van der Waals surface area contributed by atoms with Gasteiger partial charge in [0.15, 0.2) is 9.05 Å². The third kappa shape index (κ3) is 27.2. The van der Waals surface area contributed by atoms with Gasteiger partial charge in [-0.15, -0.1) is 22.7 Å². The number of carbonyl (C=O) groups excluding carboxylic acids is 14. The van der Waals surface area contributed by atoms with Crippen LogP contribution in [0.4, 0.5) is 35.9 Å². The van der Waals surface area contributed by atoms with Crippen LogP contribution in [-0.2, 0) is 170 Å². The average Bonchev–Trinajstić information content (AvgIpc) is 1.30. The number of Topliss-reactive ketones (excluding diaryl/α,β-unsaturated/α-hetero) is 3. The summed E-state index contributed by atoms with van der Waals surface area (Å²) in [6.45, 7) is 18.7. The summed E-state index contributed by atoms with van der Waals surface area (Å²) >= 11 is 6.32. The number of esters is 8. The van der Waals surface area contributed by atoms with Crippen molar-refractivity contribution in [1.82, 2.24) is 9.97 Å². The van der Waals surface area contributed by atoms with Crippen molar-refractivity contribution in [3.8, 4) is 0 Å². The molecule has 7 atom stereocenters. The molecule has 0 saturated heterocycles. The molecule has 0 amide bonds. The zero-order chi connectivity index (χ0) is 110. The van der Waals surface area contributed by atoms with Crippen LogP contribution >= 0.6 is 38.6 Å². The van der Waals surface area contributed by atoms with E-state index in [0.717, 1.165) is 37.0 Å². The fourth-order valence-corrected chi connectivity index (χ4v) is 23.2. The standard InChI is InChI=1S/C20H25FO5.C18H23FO3.C16H15BrFNO2S.C16H17FN2O2S.C16H17FO4.C15H17FO3.C10H11FO2.CO2/c1-12-14(7-6-8-15(12)21)20(18(24)25-5)10-9-16(22)13(11-20)17(23)26-19(2,3)4;1-4-13-8-10-18(17(21)22-3,11-9-16(13)20)14-6-5-7-15(19)12(14)2;1-9-10(4-3-5-11(9)18)16(14(20)21-2)7-6-12-13(8-16)22-15(17)19-12;1-9-10(4-3-5-11(9)17)16(14(20)21-2)7-6-12-13(8-16)22-15(18)19-12;1-10-12(4-3-5-13(10)17)16(15(20)21-2)7-6-14(19)11(8-16)9-18;1-10-12(4-3-5-13(10)16)15(14(18)19-2)8-6-11(17)7-9-15;1-7-8(6-10(12)13-2)4-3-5-9(7)11;2-1-3/h6-8,22H,9-11H2,1-5H3;5-7,13H,4,8-11H2,1-3H3;3-5H,6-8H2,1-2H3;3-5H,6-8H2,1-2H3,(H2,18,19);3-5,9,11H,6-8H2,1-2H3;3-5H,6-9H2,1-2H3;3-5H,6H2,1-2H3;. The molecule has 3 N–H and O–H groups in total. The van der Waals surface area contributed by atoms with Crippen molar-refractivity contribution < 1.29 is 141 Å². The third-order valence-electron chi connectivity index (χ3n) is 28.7. The van der Waals surface area contributed by atoms with E-state index in [9.17, 15) is 93.4 Å². The largest absolute Gasteiger partial charge is 0.512 e. The van der Waals surface area contributed by atoms with Gasteiger partial charge >= 0.3 is 53.9 Å². The Hall–Kier alpha value is -13.1. The van der Waals surface area contributed by atoms with Gasteiger partial charge in [-0.25, -0.2) is 45.5 Å². The number of nitrogens with two attached hydrogens (primary N) is 1. The lowest BCUT2D eigenvalue weighted by Gasteiger charge is -2.37. The highest BCUT2D eigenvalue weighted by Gasteiger charge is 2.54. The summed E-state index contributed by atoms with van der Waals surface area (Å²) in [5.41, 5.74) is 8.58. The van der Waals surface area contributed by atoms with Crippen LogP contribution in [0.5, 0.6) is 0 Å². The van der Waals surface area contributed by atoms with E-state index in [2.05, 4.69) is 30.6 Å². The Morgan fingerprint density at radius 1 is 0.439 bits per heavy atom. The van der Waals surface area contributed by atoms with Crippen molar-refractivity contribution in [2.24, 2.45) is 11.8 Å². The number of nitrogens with zero attached hydrogens (tertiary/aromatic N) is 2. The molecule has 794 valence electrons. The molecule has 2 heterocycles. The van der Waals surface area contributed by atoms with Crippen LogP contribution in [0.1, 0.15) is 236 Å². The van der Waals surface area contributed by atoms with E-state index in [1.807, 2.05) is 19.1 Å². The predicted molar refractivity (Wildman–Crippen MR) is 540 cm³/mol. The van der Waals surface area contributed by atoms with Gasteiger partial charge in [0.25, 0.3) is 0 Å². The van der Waals surface area contributed by atoms with Crippen LogP contribution in [0.3, 0.4) is 0 Å². The highest BCUT2D eigenvalue weighted by molar-refractivity contribution is 9.11. The number of anilines is 1. The zero-order valence-corrected chi connectivity index (χ0v) is 89.4. The number of hydrogen-bond acceptors (Lipinski definition) is 28. The highest BCUT2D eigenvalue weighted by Crippen LogP contribution is 2.51. The first-order chi connectivity index (χ1) is 70.0. The van der Waals surface area contributed by atoms with Crippen LogP contribution in [0.15, 0.2) is 143 Å². The Kier molecular flexibility index (Phi) is 42.8. The quantitative estimate of drug-likeness (QED) is 0.0213. The number of ketones is 3. The summed E-state index contributed by atoms with van der Waals surface area (Å²) < 4.78 is 137. The molecule has 26 nitrogen and oxygen atoms in total. The summed E-state index contributed by atoms with van der Waals surface area (Å²) in [6.07, 6.45) is 9.02. The monoisotopic (exact) mass is 2160 g/mol. The van der Waals surface area contributed by atoms with Gasteiger partial charge in [0.2, 0.25) is 0 Å². The first-order valence-electron chi connectivity index (χ1n) is 47.9. The zero-order valence-electron chi connectivity index (χ0n) is 86.2. The SMILES string of the molecule is CCC1CCC(C(=O)OC)(c2cccc(F)c2C)CCC1=O.COC(=O)C1(c2cccc(F)c2C)CCC(=O)C(C=O)C1.COC(=O)C1(c2cccc(F)c2C)CCC(=O)CC1.COC(=O)C1(c2cccc(F)c2C)CCC(O)=C(C(=O)OC(C)(C)C)C1.COC(=O)C1(c2cccc(F)c2C)CCc2nc(Br)sc2C1.COC(=O)C1(c2cccc(F)c2C)CCc2nc(N)sc2C1.COC(=O)Cc1cccc(F)c1C.O=C=O. The Balaban J connectivity index is 0.000000211. The Labute approximate surface area is 872 Å². The number of rotatable bonds is 17. The Morgan fingerprint density at radius 2 is 0.757 bits per heavy atom. The van der Waals surface area contributed by atoms with Gasteiger partial charge in [0.1, 0.15) is 75.7 Å². The van der Waals surface area contributed by atoms with Crippen molar-refractivity contribution in [2.45, 2.75) is 256 Å². The van der Waals surface area contributed by atoms with Gasteiger partial charge in [0.05, 0.1) is 112 Å². The van der Waals surface area contributed by atoms with Crippen molar-refractivity contribution in [2.75, 3.05) is 55.5 Å². The maximum absolute atomic E-state index is 14.1. The minimum absolute atomic E-state index is 0.0135. The molecular formula is C112H125BrF7N3O23S2. The van der Waals surface area contributed by atoms with E-state index in [0.29, 0.717) is 174 Å². The predicted octanol–water partition coefficient (Wildman–Crippen LogP) is 20.4. The first kappa shape index (κ1) is 120. The lowest BCUT2D eigenvalue weighted by Crippen LogP contribution is -2.45. The van der Waals surface area contributed by atoms with Crippen molar-refractivity contribution in [1.29, 1.82) is 0 Å². The molecule has 0 spiro atoms. The number of aldehydes is 1. The number of allylic oxidation sites excluding steroid dienone is 1. The number of aliphatic hydroxyl groups is 1. The molecule has 148 heavy (non-hydrogen) atoms. The summed E-state index contributed by atoms with van der Waals surface area (Å²) in [7, 11) is 9.26. The number of aromatic nitrogens is 2. The molecule has 9 aromatic rings. The van der Waals surface area contributed by atoms with E-state index in [1.54, 1.807) is 130 Å². The average molecular weight is 2160 g/mol. The minimum atomic E-state index is -1.25. The Morgan fingerprint density at radius 3 is 1.14 bits per heavy atom. The number of halogens is 8. The second kappa shape index (κ2) is 52.7. The molecule has 36 heteroatoms. The minimum Gasteiger partial charge on any atom is -0.512 e. The van der Waals surface area contributed by atoms with Gasteiger partial charge in [-0.05, 0) is 289 Å². The smallest absolute Gasteiger partial charge is 0.373 e. The molecule has 15 rings (SSSR count). The van der Waals surface area contributed by atoms with E-state index in [1.165, 1.54) is 127 Å². The van der Waals surface area contributed by atoms with Crippen LogP contribution in [0.2, 0.25) is 0 Å². The topological polar surface area (TPSA) is 385 Å². The number of carbonyl (C=O) groups is 12. The molecule has 3 saturated carbocycles.